The molecule has 0 saturated carbocycles. The van der Waals surface area contributed by atoms with Crippen molar-refractivity contribution in [1.82, 2.24) is 0 Å². The van der Waals surface area contributed by atoms with Crippen LogP contribution in [-0.2, 0) is 19.1 Å². The molecule has 1 aliphatic heterocycles. The zero-order chi connectivity index (χ0) is 12.0. The van der Waals surface area contributed by atoms with Crippen LogP contribution >= 0.6 is 0 Å². The second-order valence-electron chi connectivity index (χ2n) is 3.83. The number of nitrogens with one attached hydrogen (secondary N) is 1. The third kappa shape index (κ3) is 4.18. The van der Waals surface area contributed by atoms with E-state index in [1.165, 1.54) is 4.90 Å². The lowest BCUT2D eigenvalue weighted by atomic mass is 10.3. The first-order valence-electron chi connectivity index (χ1n) is 5.85. The highest BCUT2D eigenvalue weighted by Gasteiger charge is 2.47. The summed E-state index contributed by atoms with van der Waals surface area (Å²) in [6.45, 7) is 6.14. The second-order valence-corrected chi connectivity index (χ2v) is 3.83. The summed E-state index contributed by atoms with van der Waals surface area (Å²) in [5.41, 5.74) is 0. The van der Waals surface area contributed by atoms with Crippen molar-refractivity contribution in [2.24, 2.45) is 0 Å². The van der Waals surface area contributed by atoms with Crippen molar-refractivity contribution in [3.05, 3.63) is 0 Å². The summed E-state index contributed by atoms with van der Waals surface area (Å²) < 4.78 is 9.73. The molecule has 0 spiro atoms. The summed E-state index contributed by atoms with van der Waals surface area (Å²) in [6.07, 6.45) is 1.21. The summed E-state index contributed by atoms with van der Waals surface area (Å²) in [4.78, 5) is 23.5. The van der Waals surface area contributed by atoms with Gasteiger partial charge in [0.25, 0.3) is 0 Å². The molecule has 1 unspecified atom stereocenters. The maximum Gasteiger partial charge on any atom is 0.371 e. The Kier molecular flexibility index (Phi) is 5.25. The van der Waals surface area contributed by atoms with Gasteiger partial charge in [0.05, 0.1) is 26.2 Å². The van der Waals surface area contributed by atoms with Gasteiger partial charge >= 0.3 is 11.9 Å². The van der Waals surface area contributed by atoms with Gasteiger partial charge in [-0.2, -0.15) is 0 Å². The van der Waals surface area contributed by atoms with E-state index < -0.39 is 0 Å². The lowest BCUT2D eigenvalue weighted by molar-refractivity contribution is -0.769. The van der Waals surface area contributed by atoms with Crippen LogP contribution in [0.4, 0.5) is 0 Å². The molecule has 1 heterocycles. The number of carbonyl (C=O) groups excluding carboxylic acids is 2. The predicted molar refractivity (Wildman–Crippen MR) is 57.0 cm³/mol. The first kappa shape index (κ1) is 13.0. The fraction of sp³-hybridized carbons (Fsp3) is 0.818. The molecule has 0 amide bonds. The van der Waals surface area contributed by atoms with E-state index in [2.05, 4.69) is 0 Å². The molecule has 0 aromatic rings. The molecule has 0 radical (unpaired) electrons. The molecule has 16 heavy (non-hydrogen) atoms. The average Bonchev–Trinajstić information content (AvgIpc) is 2.98. The standard InChI is InChI=1S/C11H19NO4/c1-3-15-10(13)6-5-7-12-8-9(12)11(14)16-4-2/h9H,3-8H2,1-2H3/p+1/t9-,12?/m0/s1. The lowest BCUT2D eigenvalue weighted by Gasteiger charge is -2.01. The van der Waals surface area contributed by atoms with Crippen LogP contribution in [0.25, 0.3) is 0 Å². The number of esters is 2. The summed E-state index contributed by atoms with van der Waals surface area (Å²) in [5.74, 6) is -0.273. The van der Waals surface area contributed by atoms with E-state index in [9.17, 15) is 9.59 Å². The van der Waals surface area contributed by atoms with Gasteiger partial charge in [-0.1, -0.05) is 0 Å². The molecule has 5 heteroatoms. The molecule has 1 aliphatic rings. The molecule has 5 nitrogen and oxygen atoms in total. The van der Waals surface area contributed by atoms with Crippen molar-refractivity contribution in [3.8, 4) is 0 Å². The molecule has 1 rings (SSSR count). The molecule has 92 valence electrons. The highest BCUT2D eigenvalue weighted by Crippen LogP contribution is 1.96. The van der Waals surface area contributed by atoms with E-state index in [0.29, 0.717) is 19.6 Å². The van der Waals surface area contributed by atoms with Crippen LogP contribution in [0.5, 0.6) is 0 Å². The quantitative estimate of drug-likeness (QED) is 0.458. The molecule has 0 bridgehead atoms. The number of hydrogen-bond donors (Lipinski definition) is 1. The Bertz CT molecular complexity index is 254. The number of carbonyl (C=O) groups is 2. The van der Waals surface area contributed by atoms with Crippen LogP contribution in [0, 0.1) is 0 Å². The van der Waals surface area contributed by atoms with Crippen LogP contribution < -0.4 is 4.90 Å². The molecular formula is C11H20NO4+. The Morgan fingerprint density at radius 2 is 1.94 bits per heavy atom. The molecule has 0 aromatic heterocycles. The highest BCUT2D eigenvalue weighted by atomic mass is 16.5. The number of ether oxygens (including phenoxy) is 2. The average molecular weight is 230 g/mol. The molecule has 1 N–H and O–H groups in total. The molecular weight excluding hydrogens is 210 g/mol. The fourth-order valence-electron chi connectivity index (χ4n) is 1.67. The van der Waals surface area contributed by atoms with Gasteiger partial charge in [-0.3, -0.25) is 4.79 Å². The van der Waals surface area contributed by atoms with Gasteiger partial charge in [-0.05, 0) is 13.8 Å². The largest absolute Gasteiger partial charge is 0.466 e. The van der Waals surface area contributed by atoms with Crippen LogP contribution in [0.15, 0.2) is 0 Å². The third-order valence-electron chi connectivity index (χ3n) is 2.55. The predicted octanol–water partition coefficient (Wildman–Crippen LogP) is -0.840. The van der Waals surface area contributed by atoms with Gasteiger partial charge in [-0.15, -0.1) is 0 Å². The molecule has 1 saturated heterocycles. The van der Waals surface area contributed by atoms with Gasteiger partial charge < -0.3 is 14.4 Å². The van der Waals surface area contributed by atoms with Gasteiger partial charge in [0.2, 0.25) is 6.04 Å². The van der Waals surface area contributed by atoms with Crippen molar-refractivity contribution in [2.75, 3.05) is 26.3 Å². The number of rotatable bonds is 7. The monoisotopic (exact) mass is 230 g/mol. The normalized spacial score (nSPS) is 22.6. The van der Waals surface area contributed by atoms with Crippen molar-refractivity contribution in [3.63, 3.8) is 0 Å². The van der Waals surface area contributed by atoms with E-state index in [1.54, 1.807) is 13.8 Å². The van der Waals surface area contributed by atoms with Crippen molar-refractivity contribution < 1.29 is 24.0 Å². The van der Waals surface area contributed by atoms with Crippen LogP contribution in [0.3, 0.4) is 0 Å². The van der Waals surface area contributed by atoms with Crippen molar-refractivity contribution in [1.29, 1.82) is 0 Å². The summed E-state index contributed by atoms with van der Waals surface area (Å²) >= 11 is 0. The first-order chi connectivity index (χ1) is 7.69. The SMILES string of the molecule is CCOC(=O)CCC[NH+]1C[C@H]1C(=O)OCC. The molecule has 2 atom stereocenters. The zero-order valence-electron chi connectivity index (χ0n) is 9.95. The first-order valence-corrected chi connectivity index (χ1v) is 5.85. The minimum Gasteiger partial charge on any atom is -0.466 e. The Balaban J connectivity index is 2.04. The number of hydrogen-bond acceptors (Lipinski definition) is 4. The third-order valence-corrected chi connectivity index (χ3v) is 2.55. The highest BCUT2D eigenvalue weighted by molar-refractivity contribution is 5.76. The van der Waals surface area contributed by atoms with Gasteiger partial charge in [0.15, 0.2) is 0 Å². The second kappa shape index (κ2) is 6.48. The van der Waals surface area contributed by atoms with E-state index in [4.69, 9.17) is 9.47 Å². The Morgan fingerprint density at radius 1 is 1.25 bits per heavy atom. The molecule has 1 fully saturated rings. The zero-order valence-corrected chi connectivity index (χ0v) is 9.95. The maximum atomic E-state index is 11.3. The van der Waals surface area contributed by atoms with Gasteiger partial charge in [0, 0.05) is 6.42 Å². The van der Waals surface area contributed by atoms with Gasteiger partial charge in [-0.25, -0.2) is 4.79 Å². The van der Waals surface area contributed by atoms with Crippen LogP contribution in [0.1, 0.15) is 26.7 Å². The van der Waals surface area contributed by atoms with Crippen LogP contribution in [-0.4, -0.2) is 44.3 Å². The van der Waals surface area contributed by atoms with E-state index >= 15 is 0 Å². The molecule has 0 aliphatic carbocycles. The Morgan fingerprint density at radius 3 is 2.56 bits per heavy atom. The fourth-order valence-corrected chi connectivity index (χ4v) is 1.67. The Labute approximate surface area is 95.7 Å². The summed E-state index contributed by atoms with van der Waals surface area (Å²) in [5, 5.41) is 0. The minimum absolute atomic E-state index is 0.00199. The van der Waals surface area contributed by atoms with Crippen molar-refractivity contribution >= 4 is 11.9 Å². The van der Waals surface area contributed by atoms with E-state index in [1.807, 2.05) is 0 Å². The topological polar surface area (TPSA) is 57.0 Å². The smallest absolute Gasteiger partial charge is 0.371 e. The lowest BCUT2D eigenvalue weighted by Crippen LogP contribution is -2.95. The van der Waals surface area contributed by atoms with Crippen LogP contribution in [0.2, 0.25) is 0 Å². The summed E-state index contributed by atoms with van der Waals surface area (Å²) in [6, 6.07) is 0.00199. The number of quaternary nitrogens is 1. The summed E-state index contributed by atoms with van der Waals surface area (Å²) in [7, 11) is 0. The van der Waals surface area contributed by atoms with E-state index in [-0.39, 0.29) is 18.0 Å². The van der Waals surface area contributed by atoms with Gasteiger partial charge in [0.1, 0.15) is 6.54 Å². The maximum absolute atomic E-state index is 11.3. The molecule has 0 aromatic carbocycles. The van der Waals surface area contributed by atoms with E-state index in [0.717, 1.165) is 19.5 Å². The Hall–Kier alpha value is -1.10. The van der Waals surface area contributed by atoms with Crippen molar-refractivity contribution in [2.45, 2.75) is 32.7 Å². The minimum atomic E-state index is -0.156.